The van der Waals surface area contributed by atoms with Crippen LogP contribution in [0.2, 0.25) is 0 Å². The van der Waals surface area contributed by atoms with E-state index in [-0.39, 0.29) is 0 Å². The number of ether oxygens (including phenoxy) is 1. The van der Waals surface area contributed by atoms with Gasteiger partial charge in [0, 0.05) is 0 Å². The Labute approximate surface area is 172 Å². The first-order valence-electron chi connectivity index (χ1n) is 10.0. The summed E-state index contributed by atoms with van der Waals surface area (Å²) in [4.78, 5) is 8.39. The Morgan fingerprint density at radius 3 is 2.59 bits per heavy atom. The van der Waals surface area contributed by atoms with E-state index in [1.165, 1.54) is 49.7 Å². The molecule has 2 rings (SSSR count). The topological polar surface area (TPSA) is 47.0 Å². The van der Waals surface area contributed by atoms with E-state index in [1.807, 2.05) is 6.92 Å². The van der Waals surface area contributed by atoms with Gasteiger partial charge in [0.1, 0.15) is 24.5 Å². The van der Waals surface area contributed by atoms with Gasteiger partial charge in [0.15, 0.2) is 0 Å². The first kappa shape index (κ1) is 21.7. The van der Waals surface area contributed by atoms with Crippen LogP contribution in [-0.4, -0.2) is 23.1 Å². The summed E-state index contributed by atoms with van der Waals surface area (Å²) in [5, 5.41) is 3.28. The Bertz CT molecular complexity index is 706. The molecule has 0 atom stereocenters. The van der Waals surface area contributed by atoms with Gasteiger partial charge < -0.3 is 10.1 Å². The van der Waals surface area contributed by atoms with Gasteiger partial charge in [-0.25, -0.2) is 9.97 Å². The summed E-state index contributed by atoms with van der Waals surface area (Å²) in [5.74, 6) is 1.76. The predicted molar refractivity (Wildman–Crippen MR) is 117 cm³/mol. The van der Waals surface area contributed by atoms with Crippen LogP contribution < -0.4 is 10.1 Å². The van der Waals surface area contributed by atoms with Gasteiger partial charge in [0.25, 0.3) is 0 Å². The van der Waals surface area contributed by atoms with Crippen molar-refractivity contribution >= 4 is 21.7 Å². The maximum absolute atomic E-state index is 5.93. The van der Waals surface area contributed by atoms with Crippen LogP contribution in [0.4, 0.5) is 5.82 Å². The number of nitrogens with one attached hydrogen (secondary N) is 1. The lowest BCUT2D eigenvalue weighted by Gasteiger charge is -2.12. The van der Waals surface area contributed by atoms with Crippen molar-refractivity contribution in [3.05, 3.63) is 45.8 Å². The molecule has 2 aromatic rings. The Kier molecular flexibility index (Phi) is 9.60. The highest BCUT2D eigenvalue weighted by Gasteiger charge is 2.05. The summed E-state index contributed by atoms with van der Waals surface area (Å²) in [6.45, 7) is 7.61. The minimum atomic E-state index is 0.590. The van der Waals surface area contributed by atoms with Gasteiger partial charge in [0.2, 0.25) is 0 Å². The third kappa shape index (κ3) is 7.49. The Morgan fingerprint density at radius 2 is 1.81 bits per heavy atom. The average molecular weight is 434 g/mol. The smallest absolute Gasteiger partial charge is 0.144 e. The standard InChI is InChI=1S/C22H32BrN3O/c1-4-5-6-7-8-9-10-19-11-12-20(17(2)15-19)27-14-13-24-22-21(23)18(3)25-16-26-22/h11-12,15-16H,4-10,13-14H2,1-3H3,(H,24,25,26). The van der Waals surface area contributed by atoms with Crippen LogP contribution in [0, 0.1) is 13.8 Å². The van der Waals surface area contributed by atoms with E-state index < -0.39 is 0 Å². The van der Waals surface area contributed by atoms with Crippen LogP contribution >= 0.6 is 15.9 Å². The molecule has 0 aliphatic heterocycles. The van der Waals surface area contributed by atoms with Crippen LogP contribution in [0.5, 0.6) is 5.75 Å². The SMILES string of the molecule is CCCCCCCCc1ccc(OCCNc2ncnc(C)c2Br)c(C)c1. The summed E-state index contributed by atoms with van der Waals surface area (Å²) in [7, 11) is 0. The van der Waals surface area contributed by atoms with Crippen LogP contribution in [0.15, 0.2) is 29.0 Å². The number of unbranched alkanes of at least 4 members (excludes halogenated alkanes) is 5. The minimum absolute atomic E-state index is 0.590. The molecule has 0 bridgehead atoms. The summed E-state index contributed by atoms with van der Waals surface area (Å²) in [5.41, 5.74) is 3.54. The van der Waals surface area contributed by atoms with Crippen molar-refractivity contribution in [1.29, 1.82) is 0 Å². The summed E-state index contributed by atoms with van der Waals surface area (Å²) in [6.07, 6.45) is 10.8. The second-order valence-electron chi connectivity index (χ2n) is 7.01. The fraction of sp³-hybridized carbons (Fsp3) is 0.545. The van der Waals surface area contributed by atoms with E-state index >= 15 is 0 Å². The molecule has 0 unspecified atom stereocenters. The molecule has 1 aromatic heterocycles. The molecule has 0 fully saturated rings. The van der Waals surface area contributed by atoms with E-state index in [0.717, 1.165) is 28.2 Å². The molecule has 0 saturated carbocycles. The fourth-order valence-corrected chi connectivity index (χ4v) is 3.39. The second kappa shape index (κ2) is 12.0. The van der Waals surface area contributed by atoms with Gasteiger partial charge >= 0.3 is 0 Å². The van der Waals surface area contributed by atoms with Crippen molar-refractivity contribution in [3.8, 4) is 5.75 Å². The number of hydrogen-bond acceptors (Lipinski definition) is 4. The number of aryl methyl sites for hydroxylation is 3. The number of hydrogen-bond donors (Lipinski definition) is 1. The number of anilines is 1. The molecular formula is C22H32BrN3O. The van der Waals surface area contributed by atoms with Gasteiger partial charge in [-0.2, -0.15) is 0 Å². The highest BCUT2D eigenvalue weighted by atomic mass is 79.9. The molecule has 5 heteroatoms. The number of benzene rings is 1. The summed E-state index contributed by atoms with van der Waals surface area (Å²) in [6, 6.07) is 6.57. The first-order valence-corrected chi connectivity index (χ1v) is 10.8. The highest BCUT2D eigenvalue weighted by Crippen LogP contribution is 2.22. The van der Waals surface area contributed by atoms with Crippen molar-refractivity contribution in [2.45, 2.75) is 65.7 Å². The zero-order valence-electron chi connectivity index (χ0n) is 16.9. The molecule has 0 amide bonds. The lowest BCUT2D eigenvalue weighted by Crippen LogP contribution is -2.13. The van der Waals surface area contributed by atoms with E-state index in [4.69, 9.17) is 4.74 Å². The number of halogens is 1. The molecule has 27 heavy (non-hydrogen) atoms. The van der Waals surface area contributed by atoms with Gasteiger partial charge in [-0.3, -0.25) is 0 Å². The molecule has 0 aliphatic carbocycles. The fourth-order valence-electron chi connectivity index (χ4n) is 3.05. The Hall–Kier alpha value is -1.62. The van der Waals surface area contributed by atoms with Crippen LogP contribution in [-0.2, 0) is 6.42 Å². The summed E-state index contributed by atoms with van der Waals surface area (Å²) >= 11 is 3.51. The average Bonchev–Trinajstić information content (AvgIpc) is 2.66. The first-order chi connectivity index (χ1) is 13.1. The van der Waals surface area contributed by atoms with Crippen molar-refractivity contribution in [2.24, 2.45) is 0 Å². The van der Waals surface area contributed by atoms with Gasteiger partial charge in [0.05, 0.1) is 16.7 Å². The molecule has 0 aliphatic rings. The monoisotopic (exact) mass is 433 g/mol. The molecule has 1 N–H and O–H groups in total. The normalized spacial score (nSPS) is 10.8. The van der Waals surface area contributed by atoms with Gasteiger partial charge in [-0.05, 0) is 59.8 Å². The largest absolute Gasteiger partial charge is 0.491 e. The molecule has 0 radical (unpaired) electrons. The number of aromatic nitrogens is 2. The van der Waals surface area contributed by atoms with E-state index in [2.05, 4.69) is 63.3 Å². The number of nitrogens with zero attached hydrogens (tertiary/aromatic N) is 2. The quantitative estimate of drug-likeness (QED) is 0.401. The van der Waals surface area contributed by atoms with Crippen LogP contribution in [0.1, 0.15) is 62.3 Å². The predicted octanol–water partition coefficient (Wildman–Crippen LogP) is 6.25. The van der Waals surface area contributed by atoms with Crippen molar-refractivity contribution in [3.63, 3.8) is 0 Å². The van der Waals surface area contributed by atoms with Crippen LogP contribution in [0.3, 0.4) is 0 Å². The Balaban J connectivity index is 1.71. The molecule has 0 saturated heterocycles. The van der Waals surface area contributed by atoms with E-state index in [1.54, 1.807) is 6.33 Å². The summed E-state index contributed by atoms with van der Waals surface area (Å²) < 4.78 is 6.84. The lowest BCUT2D eigenvalue weighted by molar-refractivity contribution is 0.330. The second-order valence-corrected chi connectivity index (χ2v) is 7.81. The molecular weight excluding hydrogens is 402 g/mol. The molecule has 1 aromatic carbocycles. The molecule has 1 heterocycles. The van der Waals surface area contributed by atoms with Crippen molar-refractivity contribution in [1.82, 2.24) is 9.97 Å². The third-order valence-electron chi connectivity index (χ3n) is 4.67. The Morgan fingerprint density at radius 1 is 1.04 bits per heavy atom. The maximum Gasteiger partial charge on any atom is 0.144 e. The highest BCUT2D eigenvalue weighted by molar-refractivity contribution is 9.10. The minimum Gasteiger partial charge on any atom is -0.491 e. The maximum atomic E-state index is 5.93. The lowest BCUT2D eigenvalue weighted by atomic mass is 10.0. The van der Waals surface area contributed by atoms with Crippen molar-refractivity contribution < 1.29 is 4.74 Å². The number of rotatable bonds is 12. The zero-order valence-corrected chi connectivity index (χ0v) is 18.4. The molecule has 0 spiro atoms. The van der Waals surface area contributed by atoms with Gasteiger partial charge in [-0.15, -0.1) is 0 Å². The molecule has 4 nitrogen and oxygen atoms in total. The third-order valence-corrected chi connectivity index (χ3v) is 5.62. The zero-order chi connectivity index (χ0) is 19.5. The molecule has 148 valence electrons. The van der Waals surface area contributed by atoms with E-state index in [9.17, 15) is 0 Å². The van der Waals surface area contributed by atoms with Gasteiger partial charge in [-0.1, -0.05) is 51.2 Å². The van der Waals surface area contributed by atoms with E-state index in [0.29, 0.717) is 13.2 Å². The van der Waals surface area contributed by atoms with Crippen molar-refractivity contribution in [2.75, 3.05) is 18.5 Å². The van der Waals surface area contributed by atoms with Crippen LogP contribution in [0.25, 0.3) is 0 Å².